The van der Waals surface area contributed by atoms with Crippen LogP contribution in [0.2, 0.25) is 0 Å². The van der Waals surface area contributed by atoms with Crippen LogP contribution < -0.4 is 4.72 Å². The van der Waals surface area contributed by atoms with Gasteiger partial charge in [-0.3, -0.25) is 0 Å². The number of nitrogens with zero attached hydrogens (tertiary/aromatic N) is 1. The number of rotatable bonds is 5. The zero-order valence-electron chi connectivity index (χ0n) is 11.0. The van der Waals surface area contributed by atoms with E-state index < -0.39 is 21.5 Å². The Morgan fingerprint density at radius 1 is 1.58 bits per heavy atom. The van der Waals surface area contributed by atoms with Gasteiger partial charge in [0, 0.05) is 12.7 Å². The SMILES string of the molecule is C#CC(C)(C)NS(=O)(=O)c1cc(C(=O)O)n(CC)c1. The van der Waals surface area contributed by atoms with Gasteiger partial charge in [0.15, 0.2) is 0 Å². The molecule has 104 valence electrons. The minimum Gasteiger partial charge on any atom is -0.477 e. The van der Waals surface area contributed by atoms with Gasteiger partial charge in [0.1, 0.15) is 10.6 Å². The Bertz CT molecular complexity index is 635. The molecule has 0 aliphatic heterocycles. The Morgan fingerprint density at radius 2 is 2.16 bits per heavy atom. The molecule has 7 heteroatoms. The lowest BCUT2D eigenvalue weighted by Gasteiger charge is -2.18. The van der Waals surface area contributed by atoms with Gasteiger partial charge in [-0.25, -0.2) is 13.2 Å². The third kappa shape index (κ3) is 3.36. The first kappa shape index (κ1) is 15.3. The van der Waals surface area contributed by atoms with E-state index in [1.165, 1.54) is 10.8 Å². The molecule has 0 aliphatic rings. The summed E-state index contributed by atoms with van der Waals surface area (Å²) in [4.78, 5) is 10.9. The van der Waals surface area contributed by atoms with E-state index in [0.717, 1.165) is 6.07 Å². The van der Waals surface area contributed by atoms with Crippen LogP contribution in [0.3, 0.4) is 0 Å². The van der Waals surface area contributed by atoms with Crippen LogP contribution in [-0.4, -0.2) is 29.6 Å². The van der Waals surface area contributed by atoms with Crippen molar-refractivity contribution in [2.24, 2.45) is 0 Å². The van der Waals surface area contributed by atoms with Crippen molar-refractivity contribution >= 4 is 16.0 Å². The Morgan fingerprint density at radius 3 is 2.53 bits per heavy atom. The van der Waals surface area contributed by atoms with Crippen molar-refractivity contribution in [1.82, 2.24) is 9.29 Å². The summed E-state index contributed by atoms with van der Waals surface area (Å²) in [6, 6.07) is 1.11. The number of aryl methyl sites for hydroxylation is 1. The number of aromatic nitrogens is 1. The molecular formula is C12H16N2O4S. The van der Waals surface area contributed by atoms with Gasteiger partial charge in [-0.15, -0.1) is 6.42 Å². The van der Waals surface area contributed by atoms with Crippen LogP contribution >= 0.6 is 0 Å². The lowest BCUT2D eigenvalue weighted by Crippen LogP contribution is -2.41. The van der Waals surface area contributed by atoms with Crippen LogP contribution in [0.5, 0.6) is 0 Å². The molecule has 1 rings (SSSR count). The highest BCUT2D eigenvalue weighted by atomic mass is 32.2. The summed E-state index contributed by atoms with van der Waals surface area (Å²) in [5.74, 6) is 1.13. The van der Waals surface area contributed by atoms with Gasteiger partial charge in [0.05, 0.1) is 5.54 Å². The number of hydrogen-bond donors (Lipinski definition) is 2. The average Bonchev–Trinajstić information content (AvgIpc) is 2.72. The van der Waals surface area contributed by atoms with Crippen LogP contribution in [0.1, 0.15) is 31.3 Å². The van der Waals surface area contributed by atoms with Gasteiger partial charge in [0.2, 0.25) is 10.0 Å². The molecule has 1 aromatic rings. The van der Waals surface area contributed by atoms with E-state index in [9.17, 15) is 13.2 Å². The minimum atomic E-state index is -3.85. The summed E-state index contributed by atoms with van der Waals surface area (Å²) >= 11 is 0. The zero-order chi connectivity index (χ0) is 14.8. The van der Waals surface area contributed by atoms with Crippen LogP contribution in [-0.2, 0) is 16.6 Å². The maximum atomic E-state index is 12.1. The number of sulfonamides is 1. The number of terminal acetylenes is 1. The summed E-state index contributed by atoms with van der Waals surface area (Å²) in [6.45, 7) is 5.16. The number of nitrogens with one attached hydrogen (secondary N) is 1. The third-order valence-electron chi connectivity index (χ3n) is 2.49. The predicted octanol–water partition coefficient (Wildman–Crippen LogP) is 0.896. The number of carboxylic acid groups (broad SMARTS) is 1. The Balaban J connectivity index is 3.24. The fraction of sp³-hybridized carbons (Fsp3) is 0.417. The minimum absolute atomic E-state index is 0.0820. The van der Waals surface area contributed by atoms with Crippen molar-refractivity contribution in [3.8, 4) is 12.3 Å². The summed E-state index contributed by atoms with van der Waals surface area (Å²) < 4.78 is 27.9. The quantitative estimate of drug-likeness (QED) is 0.786. The van der Waals surface area contributed by atoms with E-state index >= 15 is 0 Å². The second kappa shape index (κ2) is 5.07. The molecule has 0 aromatic carbocycles. The van der Waals surface area contributed by atoms with Crippen LogP contribution in [0.25, 0.3) is 0 Å². The molecular weight excluding hydrogens is 268 g/mol. The number of aromatic carboxylic acids is 1. The molecule has 0 bridgehead atoms. The first-order valence-corrected chi connectivity index (χ1v) is 7.06. The predicted molar refractivity (Wildman–Crippen MR) is 70.3 cm³/mol. The smallest absolute Gasteiger partial charge is 0.352 e. The molecule has 0 fully saturated rings. The molecule has 0 unspecified atom stereocenters. The standard InChI is InChI=1S/C12H16N2O4S/c1-5-12(3,4)13-19(17,18)9-7-10(11(15)16)14(6-2)8-9/h1,7-8,13H,6H2,2-4H3,(H,15,16). The first-order chi connectivity index (χ1) is 8.63. The normalized spacial score (nSPS) is 12.1. The highest BCUT2D eigenvalue weighted by Gasteiger charge is 2.26. The van der Waals surface area contributed by atoms with Crippen LogP contribution in [0, 0.1) is 12.3 Å². The van der Waals surface area contributed by atoms with Gasteiger partial charge in [-0.2, -0.15) is 4.72 Å². The van der Waals surface area contributed by atoms with E-state index in [1.807, 2.05) is 0 Å². The molecule has 6 nitrogen and oxygen atoms in total. The van der Waals surface area contributed by atoms with E-state index in [1.54, 1.807) is 20.8 Å². The van der Waals surface area contributed by atoms with Gasteiger partial charge in [0.25, 0.3) is 0 Å². The Hall–Kier alpha value is -1.78. The number of carboxylic acids is 1. The number of hydrogen-bond acceptors (Lipinski definition) is 3. The van der Waals surface area contributed by atoms with Crippen molar-refractivity contribution in [2.45, 2.75) is 37.8 Å². The molecule has 2 N–H and O–H groups in total. The third-order valence-corrected chi connectivity index (χ3v) is 4.11. The Kier molecular flexibility index (Phi) is 4.08. The molecule has 0 amide bonds. The maximum Gasteiger partial charge on any atom is 0.352 e. The Labute approximate surface area is 112 Å². The van der Waals surface area contributed by atoms with E-state index in [-0.39, 0.29) is 10.6 Å². The van der Waals surface area contributed by atoms with Crippen LogP contribution in [0.4, 0.5) is 0 Å². The van der Waals surface area contributed by atoms with E-state index in [2.05, 4.69) is 10.6 Å². The highest BCUT2D eigenvalue weighted by molar-refractivity contribution is 7.89. The zero-order valence-corrected chi connectivity index (χ0v) is 11.8. The monoisotopic (exact) mass is 284 g/mol. The summed E-state index contributed by atoms with van der Waals surface area (Å²) in [5.41, 5.74) is -1.13. The molecule has 0 spiro atoms. The molecule has 0 radical (unpaired) electrons. The topological polar surface area (TPSA) is 88.4 Å². The second-order valence-corrected chi connectivity index (χ2v) is 6.21. The fourth-order valence-corrected chi connectivity index (χ4v) is 2.88. The first-order valence-electron chi connectivity index (χ1n) is 5.58. The van der Waals surface area contributed by atoms with Gasteiger partial charge >= 0.3 is 5.97 Å². The molecule has 0 saturated carbocycles. The summed E-state index contributed by atoms with van der Waals surface area (Å²) in [5, 5.41) is 8.99. The maximum absolute atomic E-state index is 12.1. The molecule has 1 aromatic heterocycles. The average molecular weight is 284 g/mol. The molecule has 1 heterocycles. The van der Waals surface area contributed by atoms with Crippen molar-refractivity contribution in [3.05, 3.63) is 18.0 Å². The molecule has 0 aliphatic carbocycles. The molecule has 0 atom stereocenters. The highest BCUT2D eigenvalue weighted by Crippen LogP contribution is 2.17. The van der Waals surface area contributed by atoms with Crippen molar-refractivity contribution < 1.29 is 18.3 Å². The lowest BCUT2D eigenvalue weighted by atomic mass is 10.1. The van der Waals surface area contributed by atoms with Gasteiger partial charge < -0.3 is 9.67 Å². The number of carbonyl (C=O) groups is 1. The van der Waals surface area contributed by atoms with Crippen molar-refractivity contribution in [1.29, 1.82) is 0 Å². The summed E-state index contributed by atoms with van der Waals surface area (Å²) in [7, 11) is -3.85. The van der Waals surface area contributed by atoms with Crippen molar-refractivity contribution in [3.63, 3.8) is 0 Å². The molecule has 0 saturated heterocycles. The molecule has 19 heavy (non-hydrogen) atoms. The van der Waals surface area contributed by atoms with Gasteiger partial charge in [-0.1, -0.05) is 5.92 Å². The van der Waals surface area contributed by atoms with E-state index in [0.29, 0.717) is 6.54 Å². The lowest BCUT2D eigenvalue weighted by molar-refractivity contribution is 0.0685. The summed E-state index contributed by atoms with van der Waals surface area (Å²) in [6.07, 6.45) is 6.50. The van der Waals surface area contributed by atoms with E-state index in [4.69, 9.17) is 11.5 Å². The second-order valence-electron chi connectivity index (χ2n) is 4.53. The fourth-order valence-electron chi connectivity index (χ4n) is 1.50. The van der Waals surface area contributed by atoms with Crippen LogP contribution in [0.15, 0.2) is 17.2 Å². The van der Waals surface area contributed by atoms with Crippen molar-refractivity contribution in [2.75, 3.05) is 0 Å². The van der Waals surface area contributed by atoms with Gasteiger partial charge in [-0.05, 0) is 26.8 Å². The largest absolute Gasteiger partial charge is 0.477 e.